The molecule has 3 rings (SSSR count). The van der Waals surface area contributed by atoms with E-state index in [9.17, 15) is 19.1 Å². The van der Waals surface area contributed by atoms with Crippen LogP contribution in [0.2, 0.25) is 0 Å². The fourth-order valence-corrected chi connectivity index (χ4v) is 3.68. The highest BCUT2D eigenvalue weighted by Gasteiger charge is 2.27. The first-order chi connectivity index (χ1) is 14.4. The van der Waals surface area contributed by atoms with Gasteiger partial charge in [-0.05, 0) is 49.1 Å². The summed E-state index contributed by atoms with van der Waals surface area (Å²) in [5.41, 5.74) is 1.31. The summed E-state index contributed by atoms with van der Waals surface area (Å²) in [4.78, 5) is 25.9. The Morgan fingerprint density at radius 1 is 1.10 bits per heavy atom. The van der Waals surface area contributed by atoms with Crippen LogP contribution in [0, 0.1) is 5.82 Å². The van der Waals surface area contributed by atoms with Crippen molar-refractivity contribution in [3.63, 3.8) is 0 Å². The number of aliphatic hydroxyl groups excluding tert-OH is 1. The second-order valence-corrected chi connectivity index (χ2v) is 7.67. The number of likely N-dealkylation sites (tertiary alicyclic amines) is 1. The first kappa shape index (κ1) is 21.9. The molecule has 1 aliphatic rings. The maximum Gasteiger partial charge on any atom is 0.251 e. The van der Waals surface area contributed by atoms with Gasteiger partial charge in [0.15, 0.2) is 0 Å². The normalized spacial score (nSPS) is 16.7. The van der Waals surface area contributed by atoms with Crippen molar-refractivity contribution in [2.45, 2.75) is 44.5 Å². The molecule has 0 aromatic heterocycles. The summed E-state index contributed by atoms with van der Waals surface area (Å²) in [6.45, 7) is 2.85. The zero-order chi connectivity index (χ0) is 21.5. The van der Waals surface area contributed by atoms with Crippen molar-refractivity contribution in [1.29, 1.82) is 0 Å². The first-order valence-corrected chi connectivity index (χ1v) is 10.2. The van der Waals surface area contributed by atoms with E-state index in [0.29, 0.717) is 25.1 Å². The lowest BCUT2D eigenvalue weighted by molar-refractivity contribution is -0.130. The Bertz CT molecular complexity index is 837. The molecular weight excluding hydrogens is 385 g/mol. The van der Waals surface area contributed by atoms with Gasteiger partial charge in [0, 0.05) is 31.6 Å². The monoisotopic (exact) mass is 413 g/mol. The lowest BCUT2D eigenvalue weighted by Gasteiger charge is -2.35. The number of piperidine rings is 1. The maximum atomic E-state index is 13.2. The van der Waals surface area contributed by atoms with Crippen molar-refractivity contribution in [2.24, 2.45) is 0 Å². The van der Waals surface area contributed by atoms with Crippen molar-refractivity contribution in [1.82, 2.24) is 15.5 Å². The van der Waals surface area contributed by atoms with Crippen molar-refractivity contribution >= 4 is 11.8 Å². The standard InChI is InChI=1S/C23H28FN3O3/c1-16(28)27-13-11-20(12-14-27)25-23(30)21(15-17-5-3-2-4-6-17)26-22(29)18-7-9-19(24)10-8-18/h2-10,20-21,23,25,30H,11-15H2,1H3,(H,26,29)/t21-,23?/m0/s1. The smallest absolute Gasteiger partial charge is 0.251 e. The van der Waals surface area contributed by atoms with Gasteiger partial charge in [0.25, 0.3) is 5.91 Å². The fraction of sp³-hybridized carbons (Fsp3) is 0.391. The van der Waals surface area contributed by atoms with E-state index >= 15 is 0 Å². The van der Waals surface area contributed by atoms with E-state index in [1.54, 1.807) is 11.8 Å². The van der Waals surface area contributed by atoms with Crippen molar-refractivity contribution in [3.8, 4) is 0 Å². The Labute approximate surface area is 176 Å². The quantitative estimate of drug-likeness (QED) is 0.607. The number of halogens is 1. The number of amides is 2. The predicted octanol–water partition coefficient (Wildman–Crippen LogP) is 2.09. The van der Waals surface area contributed by atoms with Gasteiger partial charge >= 0.3 is 0 Å². The minimum atomic E-state index is -0.969. The molecule has 6 nitrogen and oxygen atoms in total. The van der Waals surface area contributed by atoms with E-state index in [2.05, 4.69) is 10.6 Å². The largest absolute Gasteiger partial charge is 0.376 e. The molecule has 1 unspecified atom stereocenters. The summed E-state index contributed by atoms with van der Waals surface area (Å²) in [7, 11) is 0. The van der Waals surface area contributed by atoms with E-state index in [1.165, 1.54) is 24.3 Å². The molecule has 0 spiro atoms. The molecule has 7 heteroatoms. The van der Waals surface area contributed by atoms with Gasteiger partial charge in [0.05, 0.1) is 6.04 Å². The maximum absolute atomic E-state index is 13.2. The summed E-state index contributed by atoms with van der Waals surface area (Å²) in [5, 5.41) is 17.0. The second-order valence-electron chi connectivity index (χ2n) is 7.67. The highest BCUT2D eigenvalue weighted by Crippen LogP contribution is 2.13. The van der Waals surface area contributed by atoms with E-state index in [4.69, 9.17) is 0 Å². The number of nitrogens with one attached hydrogen (secondary N) is 2. The second kappa shape index (κ2) is 10.3. The number of carbonyl (C=O) groups is 2. The van der Waals surface area contributed by atoms with Gasteiger partial charge in [-0.2, -0.15) is 0 Å². The van der Waals surface area contributed by atoms with Gasteiger partial charge in [0.1, 0.15) is 12.0 Å². The third-order valence-corrected chi connectivity index (χ3v) is 5.45. The minimum Gasteiger partial charge on any atom is -0.376 e. The molecule has 160 valence electrons. The number of hydrogen-bond acceptors (Lipinski definition) is 4. The molecule has 2 amide bonds. The average molecular weight is 413 g/mol. The number of nitrogens with zero attached hydrogens (tertiary/aromatic N) is 1. The average Bonchev–Trinajstić information content (AvgIpc) is 2.74. The van der Waals surface area contributed by atoms with E-state index < -0.39 is 18.1 Å². The van der Waals surface area contributed by atoms with Gasteiger partial charge in [-0.3, -0.25) is 14.9 Å². The highest BCUT2D eigenvalue weighted by atomic mass is 19.1. The van der Waals surface area contributed by atoms with Crippen LogP contribution in [0.4, 0.5) is 4.39 Å². The van der Waals surface area contributed by atoms with Gasteiger partial charge in [-0.1, -0.05) is 30.3 Å². The molecule has 2 aromatic rings. The van der Waals surface area contributed by atoms with E-state index in [0.717, 1.165) is 18.4 Å². The summed E-state index contributed by atoms with van der Waals surface area (Å²) in [6, 6.07) is 14.4. The van der Waals surface area contributed by atoms with Crippen LogP contribution >= 0.6 is 0 Å². The van der Waals surface area contributed by atoms with Gasteiger partial charge in [0.2, 0.25) is 5.91 Å². The molecular formula is C23H28FN3O3. The lowest BCUT2D eigenvalue weighted by atomic mass is 10.0. The molecule has 3 N–H and O–H groups in total. The van der Waals surface area contributed by atoms with Crippen molar-refractivity contribution in [2.75, 3.05) is 13.1 Å². The summed E-state index contributed by atoms with van der Waals surface area (Å²) >= 11 is 0. The Kier molecular flexibility index (Phi) is 7.54. The number of rotatable bonds is 7. The van der Waals surface area contributed by atoms with E-state index in [1.807, 2.05) is 30.3 Å². The number of carbonyl (C=O) groups excluding carboxylic acids is 2. The molecule has 1 saturated heterocycles. The molecule has 0 saturated carbocycles. The Morgan fingerprint density at radius 3 is 2.33 bits per heavy atom. The third-order valence-electron chi connectivity index (χ3n) is 5.45. The van der Waals surface area contributed by atoms with Crippen LogP contribution in [0.3, 0.4) is 0 Å². The number of aliphatic hydroxyl groups is 1. The summed E-state index contributed by atoms with van der Waals surface area (Å²) < 4.78 is 13.2. The van der Waals surface area contributed by atoms with Crippen LogP contribution in [-0.4, -0.2) is 53.2 Å². The lowest BCUT2D eigenvalue weighted by Crippen LogP contribution is -2.55. The van der Waals surface area contributed by atoms with Crippen LogP contribution in [-0.2, 0) is 11.2 Å². The molecule has 0 aliphatic carbocycles. The number of hydrogen-bond donors (Lipinski definition) is 3. The number of benzene rings is 2. The molecule has 2 aromatic carbocycles. The zero-order valence-corrected chi connectivity index (χ0v) is 17.1. The minimum absolute atomic E-state index is 0.0524. The van der Waals surface area contributed by atoms with Gasteiger partial charge < -0.3 is 15.3 Å². The molecule has 1 aliphatic heterocycles. The summed E-state index contributed by atoms with van der Waals surface area (Å²) in [6.07, 6.45) is 0.943. The Hall–Kier alpha value is -2.77. The first-order valence-electron chi connectivity index (χ1n) is 10.2. The highest BCUT2D eigenvalue weighted by molar-refractivity contribution is 5.94. The summed E-state index contributed by atoms with van der Waals surface area (Å²) in [5.74, 6) is -0.725. The van der Waals surface area contributed by atoms with Crippen LogP contribution in [0.25, 0.3) is 0 Å². The van der Waals surface area contributed by atoms with Crippen LogP contribution in [0.5, 0.6) is 0 Å². The van der Waals surface area contributed by atoms with Crippen molar-refractivity contribution in [3.05, 3.63) is 71.5 Å². The molecule has 0 radical (unpaired) electrons. The van der Waals surface area contributed by atoms with Crippen LogP contribution in [0.15, 0.2) is 54.6 Å². The third kappa shape index (κ3) is 6.11. The zero-order valence-electron chi connectivity index (χ0n) is 17.1. The van der Waals surface area contributed by atoms with Crippen molar-refractivity contribution < 1.29 is 19.1 Å². The molecule has 1 fully saturated rings. The van der Waals surface area contributed by atoms with E-state index in [-0.39, 0.29) is 17.9 Å². The van der Waals surface area contributed by atoms with Gasteiger partial charge in [-0.25, -0.2) is 4.39 Å². The topological polar surface area (TPSA) is 81.7 Å². The Morgan fingerprint density at radius 2 is 1.73 bits per heavy atom. The molecule has 1 heterocycles. The Balaban J connectivity index is 1.66. The molecule has 30 heavy (non-hydrogen) atoms. The SMILES string of the molecule is CC(=O)N1CCC(NC(O)[C@H](Cc2ccccc2)NC(=O)c2ccc(F)cc2)CC1. The van der Waals surface area contributed by atoms with Crippen LogP contribution in [0.1, 0.15) is 35.7 Å². The molecule has 0 bridgehead atoms. The van der Waals surface area contributed by atoms with Crippen LogP contribution < -0.4 is 10.6 Å². The predicted molar refractivity (Wildman–Crippen MR) is 112 cm³/mol. The molecule has 2 atom stereocenters. The van der Waals surface area contributed by atoms with Gasteiger partial charge in [-0.15, -0.1) is 0 Å². The fourth-order valence-electron chi connectivity index (χ4n) is 3.68.